The van der Waals surface area contributed by atoms with E-state index in [9.17, 15) is 19.7 Å². The molecule has 0 bridgehead atoms. The van der Waals surface area contributed by atoms with Crippen LogP contribution >= 0.6 is 15.9 Å². The number of carbonyl (C=O) groups is 2. The standard InChI is InChI=1S/C22H23BrN4O4/c1-24-18(13-28)22(29)20(26(2)12-14-5-3-6-16(23)9-14)10-15-11-25-17-7-4-8-19(21(15)17)27(30)31/h3-9,11,13,18,20,24-25H,10,12H2,1-2H3. The van der Waals surface area contributed by atoms with Gasteiger partial charge in [0.2, 0.25) is 0 Å². The summed E-state index contributed by atoms with van der Waals surface area (Å²) in [5, 5.41) is 14.8. The van der Waals surface area contributed by atoms with Crippen LogP contribution in [-0.2, 0) is 22.6 Å². The van der Waals surface area contributed by atoms with E-state index in [0.29, 0.717) is 29.3 Å². The molecule has 2 unspecified atom stereocenters. The van der Waals surface area contributed by atoms with Crippen LogP contribution in [0.1, 0.15) is 11.1 Å². The Kier molecular flexibility index (Phi) is 7.32. The van der Waals surface area contributed by atoms with E-state index in [1.54, 1.807) is 25.4 Å². The van der Waals surface area contributed by atoms with Gasteiger partial charge in [-0.2, -0.15) is 0 Å². The predicted molar refractivity (Wildman–Crippen MR) is 122 cm³/mol. The van der Waals surface area contributed by atoms with Crippen LogP contribution in [0.2, 0.25) is 0 Å². The number of benzene rings is 2. The Morgan fingerprint density at radius 1 is 1.32 bits per heavy atom. The van der Waals surface area contributed by atoms with Gasteiger partial charge < -0.3 is 15.1 Å². The Balaban J connectivity index is 1.99. The summed E-state index contributed by atoms with van der Waals surface area (Å²) in [6, 6.07) is 10.9. The Morgan fingerprint density at radius 2 is 2.06 bits per heavy atom. The zero-order valence-corrected chi connectivity index (χ0v) is 18.8. The van der Waals surface area contributed by atoms with Gasteiger partial charge >= 0.3 is 0 Å². The van der Waals surface area contributed by atoms with E-state index in [0.717, 1.165) is 10.0 Å². The molecule has 2 aromatic carbocycles. The van der Waals surface area contributed by atoms with E-state index in [-0.39, 0.29) is 17.9 Å². The summed E-state index contributed by atoms with van der Waals surface area (Å²) in [5.41, 5.74) is 2.26. The van der Waals surface area contributed by atoms with E-state index in [1.807, 2.05) is 36.2 Å². The number of nitro benzene ring substituents is 1. The van der Waals surface area contributed by atoms with Crippen molar-refractivity contribution in [1.29, 1.82) is 0 Å². The normalized spacial score (nSPS) is 13.3. The van der Waals surface area contributed by atoms with Crippen molar-refractivity contribution in [2.24, 2.45) is 0 Å². The zero-order chi connectivity index (χ0) is 22.5. The van der Waals surface area contributed by atoms with Crippen LogP contribution in [0.4, 0.5) is 5.69 Å². The van der Waals surface area contributed by atoms with E-state index < -0.39 is 17.0 Å². The van der Waals surface area contributed by atoms with Gasteiger partial charge in [0.15, 0.2) is 5.78 Å². The monoisotopic (exact) mass is 486 g/mol. The molecule has 0 spiro atoms. The fraction of sp³-hybridized carbons (Fsp3) is 0.273. The molecular formula is C22H23BrN4O4. The fourth-order valence-corrected chi connectivity index (χ4v) is 4.19. The maximum absolute atomic E-state index is 13.2. The number of aromatic nitrogens is 1. The summed E-state index contributed by atoms with van der Waals surface area (Å²) in [7, 11) is 3.36. The lowest BCUT2D eigenvalue weighted by Gasteiger charge is -2.28. The summed E-state index contributed by atoms with van der Waals surface area (Å²) in [6.45, 7) is 0.468. The van der Waals surface area contributed by atoms with Crippen molar-refractivity contribution in [3.8, 4) is 0 Å². The molecule has 31 heavy (non-hydrogen) atoms. The molecule has 0 radical (unpaired) electrons. The maximum atomic E-state index is 13.2. The highest BCUT2D eigenvalue weighted by Crippen LogP contribution is 2.30. The summed E-state index contributed by atoms with van der Waals surface area (Å²) in [6.07, 6.45) is 2.50. The minimum Gasteiger partial charge on any atom is -0.361 e. The first-order valence-corrected chi connectivity index (χ1v) is 10.5. The fourth-order valence-electron chi connectivity index (χ4n) is 3.75. The lowest BCUT2D eigenvalue weighted by atomic mass is 9.96. The summed E-state index contributed by atoms with van der Waals surface area (Å²) < 4.78 is 0.925. The average molecular weight is 487 g/mol. The predicted octanol–water partition coefficient (Wildman–Crippen LogP) is 3.24. The molecule has 1 heterocycles. The number of nitrogens with zero attached hydrogens (tertiary/aromatic N) is 2. The van der Waals surface area contributed by atoms with Gasteiger partial charge in [0.05, 0.1) is 21.9 Å². The molecule has 0 aliphatic carbocycles. The second kappa shape index (κ2) is 9.95. The number of non-ortho nitro benzene ring substituents is 1. The van der Waals surface area contributed by atoms with Gasteiger partial charge in [-0.15, -0.1) is 0 Å². The molecule has 3 aromatic rings. The number of hydrogen-bond donors (Lipinski definition) is 2. The number of aldehydes is 1. The van der Waals surface area contributed by atoms with Gasteiger partial charge in [-0.1, -0.05) is 34.1 Å². The Labute approximate surface area is 187 Å². The van der Waals surface area contributed by atoms with Crippen molar-refractivity contribution in [3.63, 3.8) is 0 Å². The minimum absolute atomic E-state index is 0.0184. The summed E-state index contributed by atoms with van der Waals surface area (Å²) >= 11 is 3.45. The number of halogens is 1. The van der Waals surface area contributed by atoms with Crippen LogP contribution < -0.4 is 5.32 Å². The van der Waals surface area contributed by atoms with Gasteiger partial charge in [0.1, 0.15) is 12.3 Å². The third-order valence-electron chi connectivity index (χ3n) is 5.31. The van der Waals surface area contributed by atoms with Crippen molar-refractivity contribution in [2.75, 3.05) is 14.1 Å². The van der Waals surface area contributed by atoms with Crippen molar-refractivity contribution in [2.45, 2.75) is 25.0 Å². The minimum atomic E-state index is -0.963. The van der Waals surface area contributed by atoms with E-state index in [1.165, 1.54) is 6.07 Å². The number of nitro groups is 1. The Hall–Kier alpha value is -2.88. The van der Waals surface area contributed by atoms with Gasteiger partial charge in [0.25, 0.3) is 5.69 Å². The highest BCUT2D eigenvalue weighted by molar-refractivity contribution is 9.10. The first-order chi connectivity index (χ1) is 14.8. The van der Waals surface area contributed by atoms with Crippen LogP contribution in [0.3, 0.4) is 0 Å². The van der Waals surface area contributed by atoms with Crippen LogP contribution in [0, 0.1) is 10.1 Å². The molecule has 2 N–H and O–H groups in total. The molecule has 0 fully saturated rings. The number of H-pyrrole nitrogens is 1. The first kappa shape index (κ1) is 22.8. The summed E-state index contributed by atoms with van der Waals surface area (Å²) in [5.74, 6) is -0.289. The van der Waals surface area contributed by atoms with Crippen molar-refractivity contribution in [3.05, 3.63) is 74.4 Å². The topological polar surface area (TPSA) is 108 Å². The second-order valence-electron chi connectivity index (χ2n) is 7.34. The number of fused-ring (bicyclic) bond motifs is 1. The number of likely N-dealkylation sites (N-methyl/N-ethyl adjacent to an activating group) is 2. The number of ketones is 1. The highest BCUT2D eigenvalue weighted by Gasteiger charge is 2.31. The van der Waals surface area contributed by atoms with Gasteiger partial charge in [0, 0.05) is 23.3 Å². The van der Waals surface area contributed by atoms with Crippen LogP contribution in [0.5, 0.6) is 0 Å². The molecule has 3 rings (SSSR count). The third kappa shape index (κ3) is 5.07. The summed E-state index contributed by atoms with van der Waals surface area (Å²) in [4.78, 5) is 40.7. The molecule has 0 amide bonds. The van der Waals surface area contributed by atoms with Crippen molar-refractivity contribution >= 4 is 44.6 Å². The largest absolute Gasteiger partial charge is 0.361 e. The molecule has 9 heteroatoms. The zero-order valence-electron chi connectivity index (χ0n) is 17.2. The van der Waals surface area contributed by atoms with Crippen LogP contribution in [0.25, 0.3) is 10.9 Å². The smallest absolute Gasteiger partial charge is 0.279 e. The Morgan fingerprint density at radius 3 is 2.71 bits per heavy atom. The molecule has 162 valence electrons. The van der Waals surface area contributed by atoms with Gasteiger partial charge in [-0.05, 0) is 49.8 Å². The molecule has 0 aliphatic rings. The lowest BCUT2D eigenvalue weighted by molar-refractivity contribution is -0.383. The quantitative estimate of drug-likeness (QED) is 0.197. The molecule has 1 aromatic heterocycles. The number of hydrogen-bond acceptors (Lipinski definition) is 6. The number of aromatic amines is 1. The Bertz CT molecular complexity index is 1110. The lowest BCUT2D eigenvalue weighted by Crippen LogP contribution is -2.49. The van der Waals surface area contributed by atoms with Crippen molar-refractivity contribution in [1.82, 2.24) is 15.2 Å². The second-order valence-corrected chi connectivity index (χ2v) is 8.26. The molecule has 0 aliphatic heterocycles. The number of rotatable bonds is 10. The van der Waals surface area contributed by atoms with Crippen LogP contribution in [-0.4, -0.2) is 53.1 Å². The molecular weight excluding hydrogens is 464 g/mol. The van der Waals surface area contributed by atoms with Crippen LogP contribution in [0.15, 0.2) is 53.1 Å². The van der Waals surface area contributed by atoms with E-state index >= 15 is 0 Å². The van der Waals surface area contributed by atoms with E-state index in [2.05, 4.69) is 26.2 Å². The highest BCUT2D eigenvalue weighted by atomic mass is 79.9. The number of nitrogens with one attached hydrogen (secondary N) is 2. The average Bonchev–Trinajstić information content (AvgIpc) is 3.15. The van der Waals surface area contributed by atoms with E-state index in [4.69, 9.17) is 0 Å². The van der Waals surface area contributed by atoms with Gasteiger partial charge in [-0.3, -0.25) is 19.8 Å². The van der Waals surface area contributed by atoms with Crippen molar-refractivity contribution < 1.29 is 14.5 Å². The SMILES string of the molecule is CNC(C=O)C(=O)C(Cc1c[nH]c2cccc([N+](=O)[O-])c12)N(C)Cc1cccc(Br)c1. The molecule has 8 nitrogen and oxygen atoms in total. The molecule has 2 atom stereocenters. The first-order valence-electron chi connectivity index (χ1n) is 9.70. The maximum Gasteiger partial charge on any atom is 0.279 e. The molecule has 0 saturated carbocycles. The third-order valence-corrected chi connectivity index (χ3v) is 5.80. The number of carbonyl (C=O) groups excluding carboxylic acids is 2. The van der Waals surface area contributed by atoms with Gasteiger partial charge in [-0.25, -0.2) is 0 Å². The number of Topliss-reactive ketones (excluding diaryl/α,β-unsaturated/α-hetero) is 1. The molecule has 0 saturated heterocycles.